The van der Waals surface area contributed by atoms with Crippen molar-refractivity contribution in [2.45, 2.75) is 12.8 Å². The van der Waals surface area contributed by atoms with Crippen molar-refractivity contribution in [3.05, 3.63) is 42.5 Å². The van der Waals surface area contributed by atoms with E-state index in [1.807, 2.05) is 18.2 Å². The van der Waals surface area contributed by atoms with Gasteiger partial charge in [-0.15, -0.1) is 24.0 Å². The summed E-state index contributed by atoms with van der Waals surface area (Å²) in [5.74, 6) is 1.80. The van der Waals surface area contributed by atoms with Crippen LogP contribution < -0.4 is 15.4 Å². The normalized spacial score (nSPS) is 16.4. The Kier molecular flexibility index (Phi) is 9.44. The third kappa shape index (κ3) is 7.00. The number of sulfonamides is 1. The molecule has 0 unspecified atom stereocenters. The van der Waals surface area contributed by atoms with Gasteiger partial charge < -0.3 is 15.4 Å². The van der Waals surface area contributed by atoms with Crippen molar-refractivity contribution in [1.82, 2.24) is 14.9 Å². The van der Waals surface area contributed by atoms with Gasteiger partial charge in [0, 0.05) is 33.2 Å². The first kappa shape index (κ1) is 23.7. The van der Waals surface area contributed by atoms with E-state index in [0.29, 0.717) is 38.6 Å². The van der Waals surface area contributed by atoms with Crippen molar-refractivity contribution in [3.63, 3.8) is 0 Å². The lowest BCUT2D eigenvalue weighted by atomic mass is 10.1. The largest absolute Gasteiger partial charge is 0.494 e. The van der Waals surface area contributed by atoms with Crippen molar-refractivity contribution in [2.75, 3.05) is 45.6 Å². The molecular formula is C20H29IN4O3S. The van der Waals surface area contributed by atoms with Gasteiger partial charge in [0.15, 0.2) is 5.96 Å². The zero-order chi connectivity index (χ0) is 19.8. The Labute approximate surface area is 190 Å². The highest BCUT2D eigenvalue weighted by molar-refractivity contribution is 14.0. The average molecular weight is 532 g/mol. The zero-order valence-electron chi connectivity index (χ0n) is 16.6. The average Bonchev–Trinajstić information content (AvgIpc) is 3.04. The Hall–Kier alpha value is -1.59. The molecule has 2 N–H and O–H groups in total. The highest BCUT2D eigenvalue weighted by Crippen LogP contribution is 2.20. The number of hydrogen-bond donors (Lipinski definition) is 2. The molecule has 0 saturated carbocycles. The number of halogens is 1. The molecule has 1 heterocycles. The highest BCUT2D eigenvalue weighted by Gasteiger charge is 2.27. The number of guanidine groups is 1. The van der Waals surface area contributed by atoms with Crippen molar-refractivity contribution in [2.24, 2.45) is 4.99 Å². The molecule has 1 fully saturated rings. The first-order valence-corrected chi connectivity index (χ1v) is 11.2. The number of nitrogens with one attached hydrogen (secondary N) is 2. The van der Waals surface area contributed by atoms with E-state index in [-0.39, 0.29) is 29.7 Å². The zero-order valence-corrected chi connectivity index (χ0v) is 19.8. The Bertz CT molecular complexity index is 921. The van der Waals surface area contributed by atoms with E-state index in [0.717, 1.165) is 18.7 Å². The summed E-state index contributed by atoms with van der Waals surface area (Å²) < 4.78 is 30.9. The molecule has 0 atom stereocenters. The summed E-state index contributed by atoms with van der Waals surface area (Å²) in [5.41, 5.74) is 0. The summed E-state index contributed by atoms with van der Waals surface area (Å²) in [6.45, 7) is 2.94. The summed E-state index contributed by atoms with van der Waals surface area (Å²) >= 11 is 0. The van der Waals surface area contributed by atoms with Gasteiger partial charge >= 0.3 is 0 Å². The molecule has 1 saturated heterocycles. The minimum atomic E-state index is -3.04. The Morgan fingerprint density at radius 2 is 1.90 bits per heavy atom. The molecule has 0 bridgehead atoms. The van der Waals surface area contributed by atoms with E-state index in [9.17, 15) is 8.42 Å². The van der Waals surface area contributed by atoms with E-state index in [4.69, 9.17) is 4.74 Å². The molecular weight excluding hydrogens is 503 g/mol. The van der Waals surface area contributed by atoms with E-state index in [1.165, 1.54) is 15.1 Å². The van der Waals surface area contributed by atoms with Crippen LogP contribution >= 0.6 is 24.0 Å². The summed E-state index contributed by atoms with van der Waals surface area (Å²) in [6.07, 6.45) is 1.54. The third-order valence-corrected chi connectivity index (χ3v) is 6.64. The maximum Gasteiger partial charge on any atom is 0.214 e. The Morgan fingerprint density at radius 3 is 2.62 bits per heavy atom. The maximum atomic E-state index is 11.8. The van der Waals surface area contributed by atoms with Gasteiger partial charge in [0.2, 0.25) is 10.0 Å². The van der Waals surface area contributed by atoms with Gasteiger partial charge in [-0.25, -0.2) is 12.7 Å². The Morgan fingerprint density at radius 1 is 1.14 bits per heavy atom. The van der Waals surface area contributed by atoms with Gasteiger partial charge in [-0.2, -0.15) is 0 Å². The van der Waals surface area contributed by atoms with E-state index >= 15 is 0 Å². The van der Waals surface area contributed by atoms with Gasteiger partial charge in [-0.1, -0.05) is 30.3 Å². The van der Waals surface area contributed by atoms with Crippen molar-refractivity contribution < 1.29 is 13.2 Å². The molecule has 0 aromatic heterocycles. The van der Waals surface area contributed by atoms with Gasteiger partial charge in [0.1, 0.15) is 5.75 Å². The number of nitrogens with zero attached hydrogens (tertiary/aromatic N) is 2. The molecule has 9 heteroatoms. The minimum absolute atomic E-state index is 0. The van der Waals surface area contributed by atoms with Crippen LogP contribution in [0.2, 0.25) is 0 Å². The number of hydrogen-bond acceptors (Lipinski definition) is 4. The number of fused-ring (bicyclic) bond motifs is 1. The second-order valence-corrected chi connectivity index (χ2v) is 8.79. The standard InChI is InChI=1S/C20H28N4O3S.HI/c1-21-20(23-11-13-24-12-5-15-28(24,25)26)22-10-4-14-27-19-9-8-17-6-2-3-7-18(17)16-19;/h2-3,6-9,16H,4-5,10-15H2,1H3,(H2,21,22,23);1H. The molecule has 0 aliphatic carbocycles. The van der Waals surface area contributed by atoms with E-state index in [1.54, 1.807) is 7.05 Å². The lowest BCUT2D eigenvalue weighted by Crippen LogP contribution is -2.42. The van der Waals surface area contributed by atoms with Gasteiger partial charge in [-0.3, -0.25) is 4.99 Å². The fraction of sp³-hybridized carbons (Fsp3) is 0.450. The van der Waals surface area contributed by atoms with Crippen LogP contribution in [0.3, 0.4) is 0 Å². The first-order chi connectivity index (χ1) is 13.6. The van der Waals surface area contributed by atoms with Crippen LogP contribution in [0, 0.1) is 0 Å². The van der Waals surface area contributed by atoms with Gasteiger partial charge in [0.05, 0.1) is 12.4 Å². The van der Waals surface area contributed by atoms with Crippen LogP contribution in [0.15, 0.2) is 47.5 Å². The monoisotopic (exact) mass is 532 g/mol. The quantitative estimate of drug-likeness (QED) is 0.236. The molecule has 1 aliphatic heterocycles. The van der Waals surface area contributed by atoms with E-state index in [2.05, 4.69) is 39.9 Å². The van der Waals surface area contributed by atoms with Crippen LogP contribution in [-0.2, 0) is 10.0 Å². The van der Waals surface area contributed by atoms with Crippen molar-refractivity contribution in [3.8, 4) is 5.75 Å². The second-order valence-electron chi connectivity index (χ2n) is 6.71. The fourth-order valence-electron chi connectivity index (χ4n) is 3.19. The van der Waals surface area contributed by atoms with Crippen LogP contribution in [0.1, 0.15) is 12.8 Å². The second kappa shape index (κ2) is 11.6. The number of aliphatic imine (C=N–C) groups is 1. The summed E-state index contributed by atoms with van der Waals surface area (Å²) in [5, 5.41) is 8.75. The molecule has 29 heavy (non-hydrogen) atoms. The molecule has 7 nitrogen and oxygen atoms in total. The molecule has 0 radical (unpaired) electrons. The SMILES string of the molecule is CN=C(NCCCOc1ccc2ccccc2c1)NCCN1CCCS1(=O)=O.I. The molecule has 0 amide bonds. The van der Waals surface area contributed by atoms with Crippen LogP contribution in [0.4, 0.5) is 0 Å². The molecule has 1 aliphatic rings. The number of ether oxygens (including phenoxy) is 1. The minimum Gasteiger partial charge on any atom is -0.494 e. The highest BCUT2D eigenvalue weighted by atomic mass is 127. The molecule has 2 aromatic carbocycles. The lowest BCUT2D eigenvalue weighted by Gasteiger charge is -2.16. The first-order valence-electron chi connectivity index (χ1n) is 9.62. The molecule has 160 valence electrons. The maximum absolute atomic E-state index is 11.8. The predicted octanol–water partition coefficient (Wildman–Crippen LogP) is 2.43. The van der Waals surface area contributed by atoms with Crippen molar-refractivity contribution in [1.29, 1.82) is 0 Å². The smallest absolute Gasteiger partial charge is 0.214 e. The number of rotatable bonds is 8. The van der Waals surface area contributed by atoms with Gasteiger partial charge in [-0.05, 0) is 35.7 Å². The van der Waals surface area contributed by atoms with Crippen LogP contribution in [0.5, 0.6) is 5.75 Å². The molecule has 2 aromatic rings. The lowest BCUT2D eigenvalue weighted by molar-refractivity contribution is 0.311. The molecule has 3 rings (SSSR count). The summed E-state index contributed by atoms with van der Waals surface area (Å²) in [7, 11) is -1.34. The number of benzene rings is 2. The fourth-order valence-corrected chi connectivity index (χ4v) is 4.72. The summed E-state index contributed by atoms with van der Waals surface area (Å²) in [6, 6.07) is 14.3. The predicted molar refractivity (Wildman–Crippen MR) is 129 cm³/mol. The van der Waals surface area contributed by atoms with Gasteiger partial charge in [0.25, 0.3) is 0 Å². The summed E-state index contributed by atoms with van der Waals surface area (Å²) in [4.78, 5) is 4.16. The topological polar surface area (TPSA) is 83.0 Å². The Balaban J connectivity index is 0.00000300. The van der Waals surface area contributed by atoms with Crippen molar-refractivity contribution >= 4 is 50.7 Å². The molecule has 0 spiro atoms. The van der Waals surface area contributed by atoms with Crippen LogP contribution in [0.25, 0.3) is 10.8 Å². The van der Waals surface area contributed by atoms with Crippen LogP contribution in [-0.4, -0.2) is 64.3 Å². The van der Waals surface area contributed by atoms with E-state index < -0.39 is 10.0 Å². The third-order valence-electron chi connectivity index (χ3n) is 4.68.